The van der Waals surface area contributed by atoms with Crippen molar-refractivity contribution in [2.24, 2.45) is 0 Å². The lowest BCUT2D eigenvalue weighted by Crippen LogP contribution is -2.15. The third-order valence-electron chi connectivity index (χ3n) is 3.03. The van der Waals surface area contributed by atoms with Crippen LogP contribution in [0.2, 0.25) is 0 Å². The van der Waals surface area contributed by atoms with Crippen molar-refractivity contribution in [2.75, 3.05) is 10.0 Å². The number of sulfonamides is 1. The standard InChI is InChI=1S/C15H14N4O3S3/c1-10-8-23-14(16-10)18-13(20)7-11-9-24-15(17-11)19-25(21,22)12-5-3-2-4-6-12/h2-6,8-9H,7H2,1H3,(H,17,19)(H,16,18,20). The second-order valence-electron chi connectivity index (χ2n) is 5.08. The fourth-order valence-electron chi connectivity index (χ4n) is 1.95. The van der Waals surface area contributed by atoms with Crippen molar-refractivity contribution in [1.29, 1.82) is 0 Å². The van der Waals surface area contributed by atoms with Crippen LogP contribution in [0, 0.1) is 6.92 Å². The Balaban J connectivity index is 1.63. The van der Waals surface area contributed by atoms with Crippen LogP contribution < -0.4 is 10.0 Å². The fourth-order valence-corrected chi connectivity index (χ4v) is 4.64. The summed E-state index contributed by atoms with van der Waals surface area (Å²) < 4.78 is 26.9. The van der Waals surface area contributed by atoms with Gasteiger partial charge in [0, 0.05) is 10.8 Å². The predicted octanol–water partition coefficient (Wildman–Crippen LogP) is 2.89. The van der Waals surface area contributed by atoms with Crippen LogP contribution in [-0.4, -0.2) is 24.3 Å². The molecule has 7 nitrogen and oxygen atoms in total. The lowest BCUT2D eigenvalue weighted by Gasteiger charge is -2.04. The lowest BCUT2D eigenvalue weighted by atomic mass is 10.3. The molecule has 0 aliphatic heterocycles. The quantitative estimate of drug-likeness (QED) is 0.669. The molecule has 0 atom stereocenters. The normalized spacial score (nSPS) is 11.2. The van der Waals surface area contributed by atoms with Gasteiger partial charge in [0.2, 0.25) is 5.91 Å². The van der Waals surface area contributed by atoms with Gasteiger partial charge in [-0.25, -0.2) is 18.4 Å². The molecule has 10 heteroatoms. The van der Waals surface area contributed by atoms with Gasteiger partial charge >= 0.3 is 0 Å². The van der Waals surface area contributed by atoms with E-state index in [9.17, 15) is 13.2 Å². The number of amides is 1. The molecule has 0 fully saturated rings. The summed E-state index contributed by atoms with van der Waals surface area (Å²) in [6.45, 7) is 1.84. The predicted molar refractivity (Wildman–Crippen MR) is 98.5 cm³/mol. The van der Waals surface area contributed by atoms with Gasteiger partial charge in [-0.3, -0.25) is 9.52 Å². The molecule has 25 heavy (non-hydrogen) atoms. The first-order valence-electron chi connectivity index (χ1n) is 7.16. The molecule has 2 aromatic heterocycles. The number of aryl methyl sites for hydroxylation is 1. The van der Waals surface area contributed by atoms with Crippen molar-refractivity contribution in [1.82, 2.24) is 9.97 Å². The SMILES string of the molecule is Cc1csc(NC(=O)Cc2csc(NS(=O)(=O)c3ccccc3)n2)n1. The van der Waals surface area contributed by atoms with Crippen LogP contribution in [0.25, 0.3) is 0 Å². The molecule has 0 aliphatic rings. The van der Waals surface area contributed by atoms with E-state index < -0.39 is 10.0 Å². The molecule has 3 rings (SSSR count). The molecule has 0 aliphatic carbocycles. The molecule has 0 saturated carbocycles. The van der Waals surface area contributed by atoms with E-state index in [0.717, 1.165) is 17.0 Å². The Bertz CT molecular complexity index is 980. The van der Waals surface area contributed by atoms with Crippen LogP contribution in [0.4, 0.5) is 10.3 Å². The van der Waals surface area contributed by atoms with Crippen molar-refractivity contribution in [3.63, 3.8) is 0 Å². The summed E-state index contributed by atoms with van der Waals surface area (Å²) in [6, 6.07) is 8.03. The van der Waals surface area contributed by atoms with Gasteiger partial charge in [0.05, 0.1) is 22.7 Å². The summed E-state index contributed by atoms with van der Waals surface area (Å²) in [5, 5.41) is 6.93. The van der Waals surface area contributed by atoms with E-state index in [1.165, 1.54) is 23.5 Å². The second kappa shape index (κ2) is 7.30. The van der Waals surface area contributed by atoms with Gasteiger partial charge in [-0.1, -0.05) is 18.2 Å². The summed E-state index contributed by atoms with van der Waals surface area (Å²) in [6.07, 6.45) is 0.0438. The molecular formula is C15H14N4O3S3. The zero-order chi connectivity index (χ0) is 17.9. The van der Waals surface area contributed by atoms with E-state index in [1.807, 2.05) is 12.3 Å². The molecular weight excluding hydrogens is 380 g/mol. The van der Waals surface area contributed by atoms with Gasteiger partial charge in [-0.05, 0) is 19.1 Å². The maximum absolute atomic E-state index is 12.2. The molecule has 130 valence electrons. The first-order chi connectivity index (χ1) is 11.9. The Hall–Kier alpha value is -2.30. The van der Waals surface area contributed by atoms with E-state index in [2.05, 4.69) is 20.0 Å². The molecule has 0 saturated heterocycles. The number of rotatable bonds is 6. The lowest BCUT2D eigenvalue weighted by molar-refractivity contribution is -0.115. The molecule has 2 heterocycles. The van der Waals surface area contributed by atoms with Crippen molar-refractivity contribution in [3.8, 4) is 0 Å². The topological polar surface area (TPSA) is 101 Å². The van der Waals surface area contributed by atoms with E-state index in [1.54, 1.807) is 23.6 Å². The Kier molecular flexibility index (Phi) is 5.11. The van der Waals surface area contributed by atoms with Gasteiger partial charge in [0.25, 0.3) is 10.0 Å². The largest absolute Gasteiger partial charge is 0.302 e. The highest BCUT2D eigenvalue weighted by atomic mass is 32.2. The third kappa shape index (κ3) is 4.62. The Morgan fingerprint density at radius 1 is 1.08 bits per heavy atom. The van der Waals surface area contributed by atoms with Crippen LogP contribution in [0.1, 0.15) is 11.4 Å². The first kappa shape index (κ1) is 17.5. The first-order valence-corrected chi connectivity index (χ1v) is 10.4. The molecule has 1 amide bonds. The highest BCUT2D eigenvalue weighted by Crippen LogP contribution is 2.21. The third-order valence-corrected chi connectivity index (χ3v) is 6.20. The number of aromatic nitrogens is 2. The van der Waals surface area contributed by atoms with Gasteiger partial charge in [-0.15, -0.1) is 22.7 Å². The van der Waals surface area contributed by atoms with Gasteiger partial charge in [-0.2, -0.15) is 0 Å². The number of hydrogen-bond donors (Lipinski definition) is 2. The summed E-state index contributed by atoms with van der Waals surface area (Å²) in [4.78, 5) is 20.5. The molecule has 0 bridgehead atoms. The Labute approximate surface area is 152 Å². The molecule has 0 spiro atoms. The number of anilines is 2. The van der Waals surface area contributed by atoms with E-state index in [-0.39, 0.29) is 22.4 Å². The van der Waals surface area contributed by atoms with E-state index in [0.29, 0.717) is 10.8 Å². The number of nitrogens with zero attached hydrogens (tertiary/aromatic N) is 2. The number of thiazole rings is 2. The van der Waals surface area contributed by atoms with Gasteiger partial charge in [0.1, 0.15) is 0 Å². The van der Waals surface area contributed by atoms with E-state index >= 15 is 0 Å². The Morgan fingerprint density at radius 2 is 1.80 bits per heavy atom. The summed E-state index contributed by atoms with van der Waals surface area (Å²) >= 11 is 2.48. The number of hydrogen-bond acceptors (Lipinski definition) is 7. The minimum Gasteiger partial charge on any atom is -0.302 e. The molecule has 0 unspecified atom stereocenters. The van der Waals surface area contributed by atoms with Crippen molar-refractivity contribution < 1.29 is 13.2 Å². The zero-order valence-electron chi connectivity index (χ0n) is 13.1. The second-order valence-corrected chi connectivity index (χ2v) is 8.48. The van der Waals surface area contributed by atoms with Crippen LogP contribution in [-0.2, 0) is 21.2 Å². The van der Waals surface area contributed by atoms with Gasteiger partial charge < -0.3 is 5.32 Å². The summed E-state index contributed by atoms with van der Waals surface area (Å²) in [5.74, 6) is -0.253. The maximum Gasteiger partial charge on any atom is 0.263 e. The van der Waals surface area contributed by atoms with Crippen LogP contribution in [0.3, 0.4) is 0 Å². The number of nitrogens with one attached hydrogen (secondary N) is 2. The summed E-state index contributed by atoms with van der Waals surface area (Å²) in [7, 11) is -3.69. The molecule has 2 N–H and O–H groups in total. The van der Waals surface area contributed by atoms with Crippen molar-refractivity contribution in [3.05, 3.63) is 52.5 Å². The zero-order valence-corrected chi connectivity index (χ0v) is 15.5. The van der Waals surface area contributed by atoms with Crippen molar-refractivity contribution in [2.45, 2.75) is 18.2 Å². The van der Waals surface area contributed by atoms with E-state index in [4.69, 9.17) is 0 Å². The van der Waals surface area contributed by atoms with Crippen LogP contribution in [0.15, 0.2) is 46.0 Å². The summed E-state index contributed by atoms with van der Waals surface area (Å²) in [5.41, 5.74) is 1.33. The number of carbonyl (C=O) groups excluding carboxylic acids is 1. The van der Waals surface area contributed by atoms with Gasteiger partial charge in [0.15, 0.2) is 10.3 Å². The van der Waals surface area contributed by atoms with Crippen molar-refractivity contribution >= 4 is 48.9 Å². The Morgan fingerprint density at radius 3 is 2.48 bits per heavy atom. The molecule has 0 radical (unpaired) electrons. The molecule has 1 aromatic carbocycles. The monoisotopic (exact) mass is 394 g/mol. The fraction of sp³-hybridized carbons (Fsp3) is 0.133. The highest BCUT2D eigenvalue weighted by molar-refractivity contribution is 7.93. The number of carbonyl (C=O) groups is 1. The van der Waals surface area contributed by atoms with Crippen LogP contribution in [0.5, 0.6) is 0 Å². The smallest absolute Gasteiger partial charge is 0.263 e. The van der Waals surface area contributed by atoms with Crippen LogP contribution >= 0.6 is 22.7 Å². The minimum atomic E-state index is -3.69. The highest BCUT2D eigenvalue weighted by Gasteiger charge is 2.16. The number of benzene rings is 1. The molecule has 3 aromatic rings. The minimum absolute atomic E-state index is 0.0438. The average Bonchev–Trinajstić information content (AvgIpc) is 3.16. The maximum atomic E-state index is 12.2. The average molecular weight is 395 g/mol.